The van der Waals surface area contributed by atoms with E-state index >= 15 is 0 Å². The maximum atomic E-state index is 5.44. The maximum absolute atomic E-state index is 5.44. The number of pyridine rings is 1. The Hall–Kier alpha value is -2.20. The number of piperidine rings is 1. The molecular weight excluding hydrogens is 406 g/mol. The highest BCUT2D eigenvalue weighted by atomic mass is 32.2. The van der Waals surface area contributed by atoms with Crippen LogP contribution in [-0.4, -0.2) is 56.9 Å². The first-order valence-electron chi connectivity index (χ1n) is 9.70. The van der Waals surface area contributed by atoms with Crippen molar-refractivity contribution in [3.05, 3.63) is 24.2 Å². The molecule has 4 heterocycles. The van der Waals surface area contributed by atoms with Crippen LogP contribution in [-0.2, 0) is 0 Å². The molecule has 1 aliphatic heterocycles. The quantitative estimate of drug-likeness (QED) is 0.539. The number of aromatic nitrogens is 5. The molecule has 0 unspecified atom stereocenters. The molecule has 0 aromatic carbocycles. The molecule has 3 aromatic rings. The SMILES string of the molecule is CSc1ccc(-c2nsc(N(C)C3CCN(c4nc(C(C)C)no4)CC3)n2)cn1. The smallest absolute Gasteiger partial charge is 0.324 e. The molecule has 8 nitrogen and oxygen atoms in total. The van der Waals surface area contributed by atoms with Gasteiger partial charge in [-0.2, -0.15) is 14.3 Å². The minimum Gasteiger partial charge on any atom is -0.347 e. The van der Waals surface area contributed by atoms with E-state index in [4.69, 9.17) is 9.51 Å². The number of rotatable bonds is 6. The zero-order chi connectivity index (χ0) is 20.4. The Morgan fingerprint density at radius 3 is 2.66 bits per heavy atom. The van der Waals surface area contributed by atoms with Crippen LogP contribution in [0.3, 0.4) is 0 Å². The molecule has 1 aliphatic rings. The Labute approximate surface area is 178 Å². The highest BCUT2D eigenvalue weighted by Gasteiger charge is 2.27. The predicted octanol–water partition coefficient (Wildman–Crippen LogP) is 3.93. The topological polar surface area (TPSA) is 84.1 Å². The van der Waals surface area contributed by atoms with Crippen molar-refractivity contribution >= 4 is 34.4 Å². The van der Waals surface area contributed by atoms with Crippen LogP contribution >= 0.6 is 23.3 Å². The van der Waals surface area contributed by atoms with E-state index in [1.54, 1.807) is 11.8 Å². The Kier molecular flexibility index (Phi) is 6.00. The van der Waals surface area contributed by atoms with Gasteiger partial charge in [-0.15, -0.1) is 11.8 Å². The van der Waals surface area contributed by atoms with E-state index in [9.17, 15) is 0 Å². The van der Waals surface area contributed by atoms with Gasteiger partial charge in [-0.1, -0.05) is 19.0 Å². The van der Waals surface area contributed by atoms with E-state index in [2.05, 4.69) is 50.2 Å². The molecule has 1 saturated heterocycles. The largest absolute Gasteiger partial charge is 0.347 e. The van der Waals surface area contributed by atoms with Gasteiger partial charge in [0.2, 0.25) is 5.13 Å². The molecule has 29 heavy (non-hydrogen) atoms. The number of anilines is 2. The third-order valence-corrected chi connectivity index (χ3v) is 6.62. The van der Waals surface area contributed by atoms with Gasteiger partial charge in [0.25, 0.3) is 0 Å². The lowest BCUT2D eigenvalue weighted by Gasteiger charge is -2.35. The molecule has 4 rings (SSSR count). The van der Waals surface area contributed by atoms with Crippen molar-refractivity contribution in [3.63, 3.8) is 0 Å². The fourth-order valence-electron chi connectivity index (χ4n) is 3.30. The second kappa shape index (κ2) is 8.66. The molecule has 0 N–H and O–H groups in total. The Bertz CT molecular complexity index is 932. The van der Waals surface area contributed by atoms with Gasteiger partial charge in [-0.3, -0.25) is 0 Å². The highest BCUT2D eigenvalue weighted by molar-refractivity contribution is 7.98. The monoisotopic (exact) mass is 431 g/mol. The van der Waals surface area contributed by atoms with E-state index in [1.807, 2.05) is 24.6 Å². The van der Waals surface area contributed by atoms with Crippen molar-refractivity contribution in [3.8, 4) is 11.4 Å². The van der Waals surface area contributed by atoms with Crippen molar-refractivity contribution in [2.24, 2.45) is 0 Å². The Morgan fingerprint density at radius 2 is 2.03 bits per heavy atom. The summed E-state index contributed by atoms with van der Waals surface area (Å²) in [6.45, 7) is 5.92. The number of hydrogen-bond donors (Lipinski definition) is 0. The Morgan fingerprint density at radius 1 is 1.24 bits per heavy atom. The van der Waals surface area contributed by atoms with E-state index in [0.717, 1.165) is 53.3 Å². The van der Waals surface area contributed by atoms with Crippen molar-refractivity contribution in [1.29, 1.82) is 0 Å². The van der Waals surface area contributed by atoms with Crippen LogP contribution in [0.25, 0.3) is 11.4 Å². The van der Waals surface area contributed by atoms with E-state index in [0.29, 0.717) is 12.1 Å². The van der Waals surface area contributed by atoms with Crippen LogP contribution in [0.1, 0.15) is 38.4 Å². The minimum absolute atomic E-state index is 0.273. The van der Waals surface area contributed by atoms with Gasteiger partial charge in [-0.25, -0.2) is 4.98 Å². The summed E-state index contributed by atoms with van der Waals surface area (Å²) >= 11 is 3.06. The van der Waals surface area contributed by atoms with Crippen molar-refractivity contribution < 1.29 is 4.52 Å². The average Bonchev–Trinajstić information content (AvgIpc) is 3.44. The third kappa shape index (κ3) is 4.37. The van der Waals surface area contributed by atoms with Gasteiger partial charge >= 0.3 is 6.01 Å². The van der Waals surface area contributed by atoms with Gasteiger partial charge in [-0.05, 0) is 31.2 Å². The lowest BCUT2D eigenvalue weighted by molar-refractivity contribution is 0.385. The van der Waals surface area contributed by atoms with Crippen LogP contribution in [0.2, 0.25) is 0 Å². The molecule has 0 saturated carbocycles. The molecule has 154 valence electrons. The molecule has 0 bridgehead atoms. The third-order valence-electron chi connectivity index (χ3n) is 5.15. The van der Waals surface area contributed by atoms with Crippen molar-refractivity contribution in [2.45, 2.75) is 43.7 Å². The number of nitrogens with zero attached hydrogens (tertiary/aromatic N) is 7. The molecule has 3 aromatic heterocycles. The summed E-state index contributed by atoms with van der Waals surface area (Å²) in [6, 6.07) is 5.08. The van der Waals surface area contributed by atoms with E-state index in [-0.39, 0.29) is 5.92 Å². The van der Waals surface area contributed by atoms with Crippen LogP contribution in [0, 0.1) is 0 Å². The molecule has 0 spiro atoms. The molecule has 0 atom stereocenters. The summed E-state index contributed by atoms with van der Waals surface area (Å²) in [5.74, 6) is 1.78. The van der Waals surface area contributed by atoms with Crippen LogP contribution < -0.4 is 9.80 Å². The van der Waals surface area contributed by atoms with Gasteiger partial charge in [0.1, 0.15) is 0 Å². The van der Waals surface area contributed by atoms with Crippen LogP contribution in [0.4, 0.5) is 11.1 Å². The van der Waals surface area contributed by atoms with E-state index < -0.39 is 0 Å². The number of thioether (sulfide) groups is 1. The summed E-state index contributed by atoms with van der Waals surface area (Å²) < 4.78 is 9.98. The normalized spacial score (nSPS) is 15.3. The summed E-state index contributed by atoms with van der Waals surface area (Å²) in [6.07, 6.45) is 5.87. The first-order chi connectivity index (χ1) is 14.0. The molecular formula is C19H25N7OS2. The summed E-state index contributed by atoms with van der Waals surface area (Å²) in [5.41, 5.74) is 0.950. The molecule has 0 radical (unpaired) electrons. The van der Waals surface area contributed by atoms with Crippen LogP contribution in [0.5, 0.6) is 0 Å². The molecule has 0 amide bonds. The number of hydrogen-bond acceptors (Lipinski definition) is 10. The zero-order valence-electron chi connectivity index (χ0n) is 17.1. The van der Waals surface area contributed by atoms with Gasteiger partial charge in [0.05, 0.1) is 5.03 Å². The first-order valence-corrected chi connectivity index (χ1v) is 11.7. The first kappa shape index (κ1) is 20.1. The van der Waals surface area contributed by atoms with E-state index in [1.165, 1.54) is 11.5 Å². The zero-order valence-corrected chi connectivity index (χ0v) is 18.7. The lowest BCUT2D eigenvalue weighted by Crippen LogP contribution is -2.43. The second-order valence-electron chi connectivity index (χ2n) is 7.41. The fourth-order valence-corrected chi connectivity index (χ4v) is 4.38. The van der Waals surface area contributed by atoms with Gasteiger partial charge < -0.3 is 14.3 Å². The van der Waals surface area contributed by atoms with Crippen molar-refractivity contribution in [2.75, 3.05) is 36.2 Å². The average molecular weight is 432 g/mol. The predicted molar refractivity (Wildman–Crippen MR) is 117 cm³/mol. The maximum Gasteiger partial charge on any atom is 0.324 e. The summed E-state index contributed by atoms with van der Waals surface area (Å²) in [7, 11) is 2.10. The van der Waals surface area contributed by atoms with Crippen molar-refractivity contribution in [1.82, 2.24) is 24.5 Å². The molecule has 1 fully saturated rings. The summed E-state index contributed by atoms with van der Waals surface area (Å²) in [4.78, 5) is 18.1. The van der Waals surface area contributed by atoms with Crippen LogP contribution in [0.15, 0.2) is 27.9 Å². The Balaban J connectivity index is 1.38. The lowest BCUT2D eigenvalue weighted by atomic mass is 10.0. The minimum atomic E-state index is 0.273. The standard InChI is InChI=1S/C19H25N7OS2/c1-12(2)16-21-18(27-23-16)26-9-7-14(8-10-26)25(3)19-22-17(24-29-19)13-5-6-15(28-4)20-11-13/h5-6,11-12,14H,7-10H2,1-4H3. The highest BCUT2D eigenvalue weighted by Crippen LogP contribution is 2.29. The van der Waals surface area contributed by atoms with Gasteiger partial charge in [0.15, 0.2) is 11.6 Å². The fraction of sp³-hybridized carbons (Fsp3) is 0.526. The molecule has 10 heteroatoms. The summed E-state index contributed by atoms with van der Waals surface area (Å²) in [5, 5.41) is 6.01. The van der Waals surface area contributed by atoms with Gasteiger partial charge in [0, 0.05) is 55.4 Å². The second-order valence-corrected chi connectivity index (χ2v) is 8.97. The molecule has 0 aliphatic carbocycles.